The highest BCUT2D eigenvalue weighted by Crippen LogP contribution is 2.44. The highest BCUT2D eigenvalue weighted by atomic mass is 35.5. The molecule has 4 aliphatic rings. The maximum atomic E-state index is 13.5. The third-order valence-corrected chi connectivity index (χ3v) is 16.3. The third kappa shape index (κ3) is 12.7. The van der Waals surface area contributed by atoms with E-state index in [-0.39, 0.29) is 33.3 Å². The molecule has 2 aliphatic heterocycles. The Kier molecular flexibility index (Phi) is 15.7. The van der Waals surface area contributed by atoms with E-state index in [9.17, 15) is 23.3 Å². The van der Waals surface area contributed by atoms with Crippen molar-refractivity contribution in [2.45, 2.75) is 67.3 Å². The number of carbonyl (C=O) groups excluding carboxylic acids is 1. The monoisotopic (exact) mass is 954 g/mol. The first kappa shape index (κ1) is 48.0. The van der Waals surface area contributed by atoms with Gasteiger partial charge in [-0.25, -0.2) is 13.1 Å². The Balaban J connectivity index is 0.878. The largest absolute Gasteiger partial charge is 0.376 e. The van der Waals surface area contributed by atoms with Gasteiger partial charge in [0.2, 0.25) is 0 Å². The lowest BCUT2D eigenvalue weighted by Gasteiger charge is -2.43. The quantitative estimate of drug-likeness (QED) is 0.0475. The minimum absolute atomic E-state index is 0.124. The molecule has 1 saturated carbocycles. The zero-order valence-electron chi connectivity index (χ0n) is 38.1. The number of halogens is 1. The van der Waals surface area contributed by atoms with Crippen LogP contribution in [0, 0.1) is 15.5 Å². The molecular weight excluding hydrogens is 892 g/mol. The van der Waals surface area contributed by atoms with Crippen molar-refractivity contribution in [1.29, 1.82) is 0 Å². The van der Waals surface area contributed by atoms with Crippen LogP contribution in [-0.2, 0) is 10.0 Å². The number of allylic oxidation sites excluding steroid dienone is 1. The van der Waals surface area contributed by atoms with Gasteiger partial charge in [0, 0.05) is 117 Å². The molecule has 2 saturated heterocycles. The van der Waals surface area contributed by atoms with E-state index in [1.54, 1.807) is 23.9 Å². The van der Waals surface area contributed by atoms with Gasteiger partial charge in [-0.15, -0.1) is 11.8 Å². The number of thioether (sulfide) groups is 1. The summed E-state index contributed by atoms with van der Waals surface area (Å²) in [6, 6.07) is 29.4. The van der Waals surface area contributed by atoms with Crippen LogP contribution in [0.25, 0.3) is 5.57 Å². The molecule has 1 amide bonds. The smallest absolute Gasteiger partial charge is 0.293 e. The molecule has 0 spiro atoms. The lowest BCUT2D eigenvalue weighted by molar-refractivity contribution is -0.384. The summed E-state index contributed by atoms with van der Waals surface area (Å²) in [5, 5.41) is 19.9. The number of nitro groups is 1. The van der Waals surface area contributed by atoms with Gasteiger partial charge >= 0.3 is 0 Å². The minimum atomic E-state index is -4.44. The van der Waals surface area contributed by atoms with Gasteiger partial charge in [-0.3, -0.25) is 19.8 Å². The molecular formula is C50H63ClN8O5S2. The van der Waals surface area contributed by atoms with Gasteiger partial charge in [-0.2, -0.15) is 0 Å². The van der Waals surface area contributed by atoms with Crippen LogP contribution in [0.5, 0.6) is 0 Å². The highest BCUT2D eigenvalue weighted by Gasteiger charge is 2.35. The van der Waals surface area contributed by atoms with Crippen molar-refractivity contribution >= 4 is 61.9 Å². The summed E-state index contributed by atoms with van der Waals surface area (Å²) in [6.45, 7) is 13.0. The molecule has 0 radical (unpaired) electrons. The summed E-state index contributed by atoms with van der Waals surface area (Å²) in [7, 11) is -2.34. The first-order valence-corrected chi connectivity index (χ1v) is 26.1. The minimum Gasteiger partial charge on any atom is -0.376 e. The zero-order chi connectivity index (χ0) is 46.3. The maximum absolute atomic E-state index is 13.5. The number of nitrogens with one attached hydrogen (secondary N) is 3. The zero-order valence-corrected chi connectivity index (χ0v) is 40.5. The van der Waals surface area contributed by atoms with Gasteiger partial charge in [-0.1, -0.05) is 54.4 Å². The van der Waals surface area contributed by atoms with E-state index in [0.717, 1.165) is 119 Å². The fourth-order valence-corrected chi connectivity index (χ4v) is 11.8. The Bertz CT molecular complexity index is 2440. The van der Waals surface area contributed by atoms with E-state index in [0.29, 0.717) is 11.8 Å². The number of amides is 1. The summed E-state index contributed by atoms with van der Waals surface area (Å²) in [5.41, 5.74) is 5.44. The molecule has 13 nitrogen and oxygen atoms in total. The first-order chi connectivity index (χ1) is 31.8. The van der Waals surface area contributed by atoms with Crippen LogP contribution in [0.1, 0.15) is 61.4 Å². The Morgan fingerprint density at radius 1 is 0.955 bits per heavy atom. The average Bonchev–Trinajstić information content (AvgIpc) is 4.17. The van der Waals surface area contributed by atoms with E-state index >= 15 is 0 Å². The molecule has 352 valence electrons. The van der Waals surface area contributed by atoms with Crippen LogP contribution in [0.15, 0.2) is 112 Å². The number of benzene rings is 4. The number of sulfonamides is 1. The molecule has 3 fully saturated rings. The van der Waals surface area contributed by atoms with Crippen LogP contribution in [0.2, 0.25) is 5.02 Å². The lowest BCUT2D eigenvalue weighted by Crippen LogP contribution is -2.49. The summed E-state index contributed by atoms with van der Waals surface area (Å²) in [5.74, 6) is -0.150. The van der Waals surface area contributed by atoms with Crippen LogP contribution in [0.3, 0.4) is 0 Å². The molecule has 0 aromatic heterocycles. The second kappa shape index (κ2) is 21.6. The Labute approximate surface area is 399 Å². The lowest BCUT2D eigenvalue weighted by atomic mass is 9.71. The maximum Gasteiger partial charge on any atom is 0.293 e. The molecule has 1 unspecified atom stereocenters. The molecule has 16 heteroatoms. The van der Waals surface area contributed by atoms with Crippen molar-refractivity contribution in [2.24, 2.45) is 5.41 Å². The molecule has 0 bridgehead atoms. The van der Waals surface area contributed by atoms with E-state index < -0.39 is 20.9 Å². The summed E-state index contributed by atoms with van der Waals surface area (Å²) < 4.78 is 29.2. The second-order valence-electron chi connectivity index (χ2n) is 18.7. The first-order valence-electron chi connectivity index (χ1n) is 23.3. The summed E-state index contributed by atoms with van der Waals surface area (Å²) in [6.07, 6.45) is 6.39. The van der Waals surface area contributed by atoms with Crippen LogP contribution in [-0.4, -0.2) is 131 Å². The molecule has 66 heavy (non-hydrogen) atoms. The van der Waals surface area contributed by atoms with Gasteiger partial charge in [0.15, 0.2) is 0 Å². The second-order valence-corrected chi connectivity index (χ2v) is 22.0. The fourth-order valence-electron chi connectivity index (χ4n) is 9.65. The summed E-state index contributed by atoms with van der Waals surface area (Å²) in [4.78, 5) is 35.7. The predicted octanol–water partition coefficient (Wildman–Crippen LogP) is 8.10. The number of carbonyl (C=O) groups is 1. The van der Waals surface area contributed by atoms with Crippen molar-refractivity contribution in [1.82, 2.24) is 24.7 Å². The van der Waals surface area contributed by atoms with Crippen molar-refractivity contribution in [2.75, 3.05) is 95.0 Å². The number of rotatable bonds is 19. The number of anilines is 2. The summed E-state index contributed by atoms with van der Waals surface area (Å²) >= 11 is 7.96. The van der Waals surface area contributed by atoms with Gasteiger partial charge in [0.05, 0.1) is 9.82 Å². The molecule has 3 N–H and O–H groups in total. The van der Waals surface area contributed by atoms with Gasteiger partial charge in [-0.05, 0) is 123 Å². The number of piperazine rings is 2. The normalized spacial score (nSPS) is 20.3. The number of nitro benzene ring substituents is 1. The third-order valence-electron chi connectivity index (χ3n) is 13.6. The number of nitrogens with zero attached hydrogens (tertiary/aromatic N) is 5. The molecule has 2 atom stereocenters. The van der Waals surface area contributed by atoms with Crippen LogP contribution >= 0.6 is 23.4 Å². The molecule has 2 heterocycles. The molecule has 2 aliphatic carbocycles. The van der Waals surface area contributed by atoms with Gasteiger partial charge < -0.3 is 25.3 Å². The van der Waals surface area contributed by atoms with Crippen LogP contribution in [0.4, 0.5) is 17.1 Å². The van der Waals surface area contributed by atoms with Crippen molar-refractivity contribution in [3.8, 4) is 0 Å². The van der Waals surface area contributed by atoms with Crippen molar-refractivity contribution < 1.29 is 18.1 Å². The van der Waals surface area contributed by atoms with Gasteiger partial charge in [0.1, 0.15) is 5.69 Å². The molecule has 4 aromatic rings. The predicted molar refractivity (Wildman–Crippen MR) is 267 cm³/mol. The van der Waals surface area contributed by atoms with Crippen LogP contribution < -0.4 is 20.3 Å². The molecule has 8 rings (SSSR count). The Hall–Kier alpha value is -4.48. The van der Waals surface area contributed by atoms with E-state index in [4.69, 9.17) is 11.6 Å². The average molecular weight is 956 g/mol. The van der Waals surface area contributed by atoms with E-state index in [1.165, 1.54) is 41.7 Å². The van der Waals surface area contributed by atoms with Crippen molar-refractivity contribution in [3.63, 3.8) is 0 Å². The number of hydrogen-bond acceptors (Lipinski definition) is 12. The SMILES string of the molecule is CN(CC[C@H](CSc1ccccc1)Nc1ccc(S(=O)(=O)NC(=O)c2ccc(N3CCN(CC4=C(c5ccc(Cl)cc5)CCC(C)(CN5CCNCC5)C4)CC3)cc2)cc1[N+](=O)[O-])C1CC1. The van der Waals surface area contributed by atoms with Gasteiger partial charge in [0.25, 0.3) is 21.6 Å². The van der Waals surface area contributed by atoms with Crippen molar-refractivity contribution in [3.05, 3.63) is 129 Å². The standard InChI is InChI=1S/C50H63ClN8O5S2/c1-50(36-57-26-23-52-24-27-57)22-20-46(37-8-12-40(51)13-9-37)39(33-50)34-56-28-30-58(31-29-56)43-14-10-38(11-15-43)49(60)54-66(63,64)45-18-19-47(48(32-45)59(61)62)53-41(21-25-55(2)42-16-17-42)35-65-44-6-4-3-5-7-44/h3-15,18-19,32,41-42,52-53H,16-17,20-31,33-36H2,1-2H3,(H,54,60)/t41-,50?/m1/s1. The molecule has 4 aromatic carbocycles. The van der Waals surface area contributed by atoms with E-state index in [1.807, 2.05) is 54.6 Å². The Morgan fingerprint density at radius 2 is 1.67 bits per heavy atom. The highest BCUT2D eigenvalue weighted by molar-refractivity contribution is 7.99. The topological polar surface area (TPSA) is 143 Å². The Morgan fingerprint density at radius 3 is 2.35 bits per heavy atom. The fraction of sp³-hybridized carbons (Fsp3) is 0.460. The van der Waals surface area contributed by atoms with E-state index in [2.05, 4.69) is 61.1 Å². The number of hydrogen-bond donors (Lipinski definition) is 3.